The molecule has 7 heteroatoms. The second-order valence-electron chi connectivity index (χ2n) is 10.9. The SMILES string of the molecule is C=CCOc1ccc(C(O)=C2C(=O)C(=O)N(CCN3CCOCC3)[C@@H]2c2ccc(C(C)(C)C)cc2)cc1C. The molecule has 1 atom stereocenters. The number of likely N-dealkylation sites (tertiary alicyclic amines) is 1. The second kappa shape index (κ2) is 11.5. The van der Waals surface area contributed by atoms with Gasteiger partial charge in [0.25, 0.3) is 11.7 Å². The molecule has 0 bridgehead atoms. The van der Waals surface area contributed by atoms with Gasteiger partial charge in [-0.2, -0.15) is 0 Å². The lowest BCUT2D eigenvalue weighted by atomic mass is 9.85. The summed E-state index contributed by atoms with van der Waals surface area (Å²) in [5.74, 6) is -0.770. The number of rotatable bonds is 8. The molecule has 4 rings (SSSR count). The van der Waals surface area contributed by atoms with Crippen LogP contribution in [0.2, 0.25) is 0 Å². The first-order valence-electron chi connectivity index (χ1n) is 13.2. The minimum atomic E-state index is -0.679. The number of aryl methyl sites for hydroxylation is 1. The van der Waals surface area contributed by atoms with Crippen LogP contribution in [-0.2, 0) is 19.7 Å². The second-order valence-corrected chi connectivity index (χ2v) is 10.9. The Balaban J connectivity index is 1.74. The maximum absolute atomic E-state index is 13.4. The lowest BCUT2D eigenvalue weighted by Crippen LogP contribution is -2.42. The number of ether oxygens (including phenoxy) is 2. The number of ketones is 1. The van der Waals surface area contributed by atoms with Gasteiger partial charge in [0.2, 0.25) is 0 Å². The van der Waals surface area contributed by atoms with E-state index in [9.17, 15) is 14.7 Å². The molecule has 1 amide bonds. The van der Waals surface area contributed by atoms with E-state index in [0.29, 0.717) is 44.2 Å². The molecular formula is C31H38N2O5. The van der Waals surface area contributed by atoms with Crippen LogP contribution < -0.4 is 4.74 Å². The lowest BCUT2D eigenvalue weighted by molar-refractivity contribution is -0.140. The molecule has 2 aromatic rings. The number of hydrogen-bond acceptors (Lipinski definition) is 6. The number of aliphatic hydroxyl groups is 1. The van der Waals surface area contributed by atoms with Crippen LogP contribution in [0.25, 0.3) is 5.76 Å². The average molecular weight is 519 g/mol. The molecule has 2 aliphatic rings. The van der Waals surface area contributed by atoms with Gasteiger partial charge in [-0.1, -0.05) is 57.7 Å². The Bertz CT molecular complexity index is 1220. The van der Waals surface area contributed by atoms with Crippen molar-refractivity contribution in [3.05, 3.63) is 82.9 Å². The summed E-state index contributed by atoms with van der Waals surface area (Å²) < 4.78 is 11.1. The van der Waals surface area contributed by atoms with E-state index in [4.69, 9.17) is 9.47 Å². The normalized spacial score (nSPS) is 20.1. The number of hydrogen-bond donors (Lipinski definition) is 1. The van der Waals surface area contributed by atoms with Crippen molar-refractivity contribution in [3.63, 3.8) is 0 Å². The molecule has 0 spiro atoms. The summed E-state index contributed by atoms with van der Waals surface area (Å²) in [6.07, 6.45) is 1.66. The molecule has 2 fully saturated rings. The van der Waals surface area contributed by atoms with Crippen molar-refractivity contribution in [1.29, 1.82) is 0 Å². The van der Waals surface area contributed by atoms with Crippen molar-refractivity contribution in [2.24, 2.45) is 0 Å². The van der Waals surface area contributed by atoms with Gasteiger partial charge in [-0.25, -0.2) is 0 Å². The van der Waals surface area contributed by atoms with Crippen LogP contribution in [0.1, 0.15) is 49.1 Å². The number of carbonyl (C=O) groups is 2. The number of aliphatic hydroxyl groups excluding tert-OH is 1. The van der Waals surface area contributed by atoms with Crippen molar-refractivity contribution >= 4 is 17.4 Å². The van der Waals surface area contributed by atoms with E-state index >= 15 is 0 Å². The quantitative estimate of drug-likeness (QED) is 0.238. The smallest absolute Gasteiger partial charge is 0.295 e. The third kappa shape index (κ3) is 5.84. The van der Waals surface area contributed by atoms with Crippen LogP contribution in [-0.4, -0.2) is 72.6 Å². The van der Waals surface area contributed by atoms with Crippen LogP contribution in [0.3, 0.4) is 0 Å². The maximum atomic E-state index is 13.4. The van der Waals surface area contributed by atoms with Gasteiger partial charge in [0.1, 0.15) is 18.1 Å². The zero-order valence-corrected chi connectivity index (χ0v) is 22.8. The molecule has 2 aliphatic heterocycles. The Kier molecular flexibility index (Phi) is 8.38. The van der Waals surface area contributed by atoms with Crippen LogP contribution in [0.15, 0.2) is 60.7 Å². The number of carbonyl (C=O) groups excluding carboxylic acids is 2. The molecule has 2 heterocycles. The van der Waals surface area contributed by atoms with Crippen LogP contribution in [0, 0.1) is 6.92 Å². The van der Waals surface area contributed by atoms with Gasteiger partial charge in [-0.3, -0.25) is 14.5 Å². The fourth-order valence-electron chi connectivity index (χ4n) is 4.96. The predicted octanol–water partition coefficient (Wildman–Crippen LogP) is 4.61. The standard InChI is InChI=1S/C31H38N2O5/c1-6-17-38-25-12-9-23(20-21(25)2)28(34)26-27(22-7-10-24(11-8-22)31(3,4)5)33(30(36)29(26)35)14-13-32-15-18-37-19-16-32/h6-12,20,27,34H,1,13-19H2,2-5H3/t27-/m1/s1. The molecule has 0 saturated carbocycles. The number of Topliss-reactive ketones (excluding diaryl/α,β-unsaturated/α-hetero) is 1. The van der Waals surface area contributed by atoms with E-state index in [1.807, 2.05) is 31.2 Å². The van der Waals surface area contributed by atoms with E-state index < -0.39 is 17.7 Å². The first-order valence-corrected chi connectivity index (χ1v) is 13.2. The number of benzene rings is 2. The Hall–Kier alpha value is -3.42. The molecule has 2 saturated heterocycles. The molecule has 0 unspecified atom stereocenters. The number of nitrogens with zero attached hydrogens (tertiary/aromatic N) is 2. The third-order valence-corrected chi connectivity index (χ3v) is 7.20. The minimum Gasteiger partial charge on any atom is -0.507 e. The van der Waals surface area contributed by atoms with Gasteiger partial charge >= 0.3 is 0 Å². The average Bonchev–Trinajstić information content (AvgIpc) is 3.16. The Labute approximate surface area is 225 Å². The van der Waals surface area contributed by atoms with Crippen LogP contribution >= 0.6 is 0 Å². The van der Waals surface area contributed by atoms with E-state index in [-0.39, 0.29) is 16.7 Å². The van der Waals surface area contributed by atoms with Crippen molar-refractivity contribution in [3.8, 4) is 5.75 Å². The van der Waals surface area contributed by atoms with Crippen molar-refractivity contribution in [2.45, 2.75) is 39.2 Å². The summed E-state index contributed by atoms with van der Waals surface area (Å²) in [5, 5.41) is 11.4. The highest BCUT2D eigenvalue weighted by molar-refractivity contribution is 6.46. The summed E-state index contributed by atoms with van der Waals surface area (Å²) in [6, 6.07) is 12.6. The Morgan fingerprint density at radius 3 is 2.39 bits per heavy atom. The van der Waals surface area contributed by atoms with Gasteiger partial charge in [0.05, 0.1) is 24.8 Å². The van der Waals surface area contributed by atoms with Crippen molar-refractivity contribution in [2.75, 3.05) is 46.0 Å². The zero-order valence-electron chi connectivity index (χ0n) is 22.8. The molecule has 2 aromatic carbocycles. The van der Waals surface area contributed by atoms with Gasteiger partial charge in [-0.05, 0) is 47.2 Å². The molecular weight excluding hydrogens is 480 g/mol. The summed E-state index contributed by atoms with van der Waals surface area (Å²) in [4.78, 5) is 30.6. The highest BCUT2D eigenvalue weighted by Gasteiger charge is 2.46. The molecule has 202 valence electrons. The zero-order chi connectivity index (χ0) is 27.4. The van der Waals surface area contributed by atoms with E-state index in [1.165, 1.54) is 0 Å². The highest BCUT2D eigenvalue weighted by Crippen LogP contribution is 2.40. The fourth-order valence-corrected chi connectivity index (χ4v) is 4.96. The van der Waals surface area contributed by atoms with Gasteiger partial charge in [0.15, 0.2) is 0 Å². The molecule has 7 nitrogen and oxygen atoms in total. The minimum absolute atomic E-state index is 0.0381. The van der Waals surface area contributed by atoms with Gasteiger partial charge < -0.3 is 19.5 Å². The number of morpholine rings is 1. The van der Waals surface area contributed by atoms with Gasteiger partial charge in [0, 0.05) is 31.7 Å². The monoisotopic (exact) mass is 518 g/mol. The van der Waals surface area contributed by atoms with Crippen LogP contribution in [0.4, 0.5) is 0 Å². The van der Waals surface area contributed by atoms with Crippen molar-refractivity contribution in [1.82, 2.24) is 9.80 Å². The first-order chi connectivity index (χ1) is 18.1. The summed E-state index contributed by atoms with van der Waals surface area (Å²) in [6.45, 7) is 16.2. The fraction of sp³-hybridized carbons (Fsp3) is 0.419. The summed E-state index contributed by atoms with van der Waals surface area (Å²) in [7, 11) is 0. The number of amides is 1. The molecule has 0 aromatic heterocycles. The maximum Gasteiger partial charge on any atom is 0.295 e. The van der Waals surface area contributed by atoms with Gasteiger partial charge in [-0.15, -0.1) is 0 Å². The summed E-state index contributed by atoms with van der Waals surface area (Å²) in [5.41, 5.74) is 3.30. The third-order valence-electron chi connectivity index (χ3n) is 7.20. The van der Waals surface area contributed by atoms with E-state index in [2.05, 4.69) is 32.3 Å². The predicted molar refractivity (Wildman–Crippen MR) is 148 cm³/mol. The molecule has 0 radical (unpaired) electrons. The Morgan fingerprint density at radius 2 is 1.79 bits per heavy atom. The Morgan fingerprint density at radius 1 is 1.11 bits per heavy atom. The molecule has 1 N–H and O–H groups in total. The molecule has 38 heavy (non-hydrogen) atoms. The largest absolute Gasteiger partial charge is 0.507 e. The summed E-state index contributed by atoms with van der Waals surface area (Å²) >= 11 is 0. The van der Waals surface area contributed by atoms with Crippen molar-refractivity contribution < 1.29 is 24.2 Å². The molecule has 0 aliphatic carbocycles. The lowest BCUT2D eigenvalue weighted by Gasteiger charge is -2.31. The highest BCUT2D eigenvalue weighted by atomic mass is 16.5. The first kappa shape index (κ1) is 27.6. The topological polar surface area (TPSA) is 79.3 Å². The van der Waals surface area contributed by atoms with E-state index in [0.717, 1.165) is 29.8 Å². The van der Waals surface area contributed by atoms with Crippen LogP contribution in [0.5, 0.6) is 5.75 Å². The van der Waals surface area contributed by atoms with E-state index in [1.54, 1.807) is 29.2 Å².